The molecule has 2 unspecified atom stereocenters. The van der Waals surface area contributed by atoms with E-state index in [9.17, 15) is 9.59 Å². The minimum Gasteiger partial charge on any atom is -0.462 e. The third kappa shape index (κ3) is 8.08. The second kappa shape index (κ2) is 11.4. The van der Waals surface area contributed by atoms with Crippen molar-refractivity contribution in [2.24, 2.45) is 23.5 Å². The van der Waals surface area contributed by atoms with Crippen LogP contribution in [0.3, 0.4) is 0 Å². The van der Waals surface area contributed by atoms with Gasteiger partial charge in [0, 0.05) is 25.3 Å². The Balaban J connectivity index is 2.72. The highest BCUT2D eigenvalue weighted by molar-refractivity contribution is 5.89. The highest BCUT2D eigenvalue weighted by atomic mass is 16.6. The van der Waals surface area contributed by atoms with E-state index >= 15 is 0 Å². The monoisotopic (exact) mass is 396 g/mol. The normalized spacial score (nSPS) is 23.0. The average molecular weight is 396 g/mol. The van der Waals surface area contributed by atoms with E-state index in [1.54, 1.807) is 0 Å². The summed E-state index contributed by atoms with van der Waals surface area (Å²) < 4.78 is 16.6. The Kier molecular flexibility index (Phi) is 9.64. The summed E-state index contributed by atoms with van der Waals surface area (Å²) in [5.41, 5.74) is 5.26. The van der Waals surface area contributed by atoms with Crippen LogP contribution in [-0.2, 0) is 23.8 Å². The molecule has 1 aliphatic rings. The van der Waals surface area contributed by atoms with E-state index in [2.05, 4.69) is 5.32 Å². The lowest BCUT2D eigenvalue weighted by Crippen LogP contribution is -2.34. The molecule has 0 aliphatic carbocycles. The van der Waals surface area contributed by atoms with Gasteiger partial charge in [-0.15, -0.1) is 0 Å². The van der Waals surface area contributed by atoms with Crippen LogP contribution in [0.5, 0.6) is 0 Å². The van der Waals surface area contributed by atoms with Crippen molar-refractivity contribution in [2.45, 2.75) is 59.0 Å². The molecule has 0 aromatic rings. The fraction of sp³-hybridized carbons (Fsp3) is 0.684. The molecule has 1 saturated heterocycles. The molecule has 9 heteroatoms. The smallest absolute Gasteiger partial charge is 0.314 e. The van der Waals surface area contributed by atoms with Crippen LogP contribution < -0.4 is 11.1 Å². The summed E-state index contributed by atoms with van der Waals surface area (Å²) in [6, 6.07) is 0. The number of nitrogens with two attached hydrogens (primary N) is 1. The number of rotatable bonds is 11. The highest BCUT2D eigenvalue weighted by Crippen LogP contribution is 2.24. The van der Waals surface area contributed by atoms with Crippen LogP contribution in [0.1, 0.15) is 40.5 Å². The molecule has 0 saturated carbocycles. The summed E-state index contributed by atoms with van der Waals surface area (Å²) in [7, 11) is 0. The van der Waals surface area contributed by atoms with Crippen LogP contribution in [-0.4, -0.2) is 49.0 Å². The Morgan fingerprint density at radius 1 is 1.32 bits per heavy atom. The molecule has 0 aromatic carbocycles. The fourth-order valence-electron chi connectivity index (χ4n) is 2.68. The molecule has 1 heterocycles. The SMILES string of the molecule is CC(C)CC(=O)OC1C[C@@H](N/C=C\C(=N)N)O[C@H]1COC(=O)C(C=N)C(C)C. The van der Waals surface area contributed by atoms with Crippen molar-refractivity contribution < 1.29 is 23.8 Å². The van der Waals surface area contributed by atoms with Crippen LogP contribution in [0, 0.1) is 28.6 Å². The van der Waals surface area contributed by atoms with Crippen molar-refractivity contribution in [3.05, 3.63) is 12.3 Å². The highest BCUT2D eigenvalue weighted by Gasteiger charge is 2.39. The van der Waals surface area contributed by atoms with Gasteiger partial charge in [0.15, 0.2) is 0 Å². The lowest BCUT2D eigenvalue weighted by molar-refractivity contribution is -0.159. The van der Waals surface area contributed by atoms with E-state index in [1.807, 2.05) is 27.7 Å². The third-order valence-corrected chi connectivity index (χ3v) is 4.16. The zero-order valence-corrected chi connectivity index (χ0v) is 16.9. The summed E-state index contributed by atoms with van der Waals surface area (Å²) in [4.78, 5) is 24.2. The number of hydrogen-bond acceptors (Lipinski definition) is 8. The van der Waals surface area contributed by atoms with Crippen molar-refractivity contribution >= 4 is 24.0 Å². The van der Waals surface area contributed by atoms with Crippen LogP contribution in [0.2, 0.25) is 0 Å². The quantitative estimate of drug-likeness (QED) is 0.235. The van der Waals surface area contributed by atoms with Gasteiger partial charge < -0.3 is 30.7 Å². The molecule has 0 spiro atoms. The minimum atomic E-state index is -0.629. The fourth-order valence-corrected chi connectivity index (χ4v) is 2.68. The number of esters is 2. The first-order valence-corrected chi connectivity index (χ1v) is 9.42. The van der Waals surface area contributed by atoms with E-state index in [-0.39, 0.29) is 36.7 Å². The summed E-state index contributed by atoms with van der Waals surface area (Å²) in [6.45, 7) is 7.43. The Bertz CT molecular complexity index is 591. The lowest BCUT2D eigenvalue weighted by atomic mass is 9.97. The van der Waals surface area contributed by atoms with Gasteiger partial charge in [-0.1, -0.05) is 27.7 Å². The second-order valence-electron chi connectivity index (χ2n) is 7.55. The van der Waals surface area contributed by atoms with Crippen molar-refractivity contribution in [3.63, 3.8) is 0 Å². The molecule has 28 heavy (non-hydrogen) atoms. The van der Waals surface area contributed by atoms with Gasteiger partial charge in [0.05, 0.1) is 5.92 Å². The predicted octanol–water partition coefficient (Wildman–Crippen LogP) is 1.56. The molecule has 1 aliphatic heterocycles. The summed E-state index contributed by atoms with van der Waals surface area (Å²) in [5.74, 6) is -1.47. The number of carbonyl (C=O) groups excluding carboxylic acids is 2. The van der Waals surface area contributed by atoms with Gasteiger partial charge in [-0.05, 0) is 17.9 Å². The molecule has 4 atom stereocenters. The van der Waals surface area contributed by atoms with E-state index in [0.29, 0.717) is 6.42 Å². The van der Waals surface area contributed by atoms with Gasteiger partial charge in [-0.2, -0.15) is 0 Å². The Morgan fingerprint density at radius 3 is 2.54 bits per heavy atom. The largest absolute Gasteiger partial charge is 0.462 e. The predicted molar refractivity (Wildman–Crippen MR) is 105 cm³/mol. The number of hydrogen-bond donors (Lipinski definition) is 4. The topological polar surface area (TPSA) is 148 Å². The standard InChI is InChI=1S/C19H32N4O5/c1-11(2)7-18(24)28-14-8-17(23-6-5-16(21)22)27-15(14)10-26-19(25)13(9-20)12(3)4/h5-6,9,11-15,17,20,23H,7-8,10H2,1-4H3,(H3,21,22)/b6-5-,20-9?/t13?,14?,15-,17-/m0/s1. The van der Waals surface area contributed by atoms with Gasteiger partial charge >= 0.3 is 11.9 Å². The van der Waals surface area contributed by atoms with E-state index in [0.717, 1.165) is 6.21 Å². The summed E-state index contributed by atoms with van der Waals surface area (Å²) in [6.07, 6.45) is 2.91. The molecular formula is C19H32N4O5. The van der Waals surface area contributed by atoms with Crippen LogP contribution in [0.25, 0.3) is 0 Å². The first-order valence-electron chi connectivity index (χ1n) is 9.42. The Labute approximate surface area is 166 Å². The van der Waals surface area contributed by atoms with Crippen molar-refractivity contribution in [2.75, 3.05) is 6.61 Å². The maximum Gasteiger partial charge on any atom is 0.314 e. The molecular weight excluding hydrogens is 364 g/mol. The van der Waals surface area contributed by atoms with E-state index < -0.39 is 30.3 Å². The van der Waals surface area contributed by atoms with Gasteiger partial charge in [-0.25, -0.2) is 0 Å². The zero-order valence-electron chi connectivity index (χ0n) is 16.9. The Hall–Kier alpha value is -2.42. The number of nitrogens with one attached hydrogen (secondary N) is 3. The molecule has 0 amide bonds. The molecule has 5 N–H and O–H groups in total. The third-order valence-electron chi connectivity index (χ3n) is 4.16. The number of carbonyl (C=O) groups is 2. The molecule has 158 valence electrons. The molecule has 9 nitrogen and oxygen atoms in total. The lowest BCUT2D eigenvalue weighted by Gasteiger charge is -2.21. The average Bonchev–Trinajstić information content (AvgIpc) is 2.93. The molecule has 0 bridgehead atoms. The van der Waals surface area contributed by atoms with Crippen LogP contribution >= 0.6 is 0 Å². The van der Waals surface area contributed by atoms with E-state index in [1.165, 1.54) is 12.3 Å². The molecule has 1 rings (SSSR count). The van der Waals surface area contributed by atoms with Gasteiger partial charge in [0.1, 0.15) is 30.9 Å². The molecule has 0 radical (unpaired) electrons. The zero-order chi connectivity index (χ0) is 21.3. The molecule has 1 fully saturated rings. The van der Waals surface area contributed by atoms with Gasteiger partial charge in [-0.3, -0.25) is 15.0 Å². The first kappa shape index (κ1) is 23.6. The summed E-state index contributed by atoms with van der Waals surface area (Å²) in [5, 5.41) is 17.5. The van der Waals surface area contributed by atoms with Gasteiger partial charge in [0.25, 0.3) is 0 Å². The van der Waals surface area contributed by atoms with Crippen molar-refractivity contribution in [3.8, 4) is 0 Å². The van der Waals surface area contributed by atoms with E-state index in [4.69, 9.17) is 30.8 Å². The number of amidine groups is 1. The minimum absolute atomic E-state index is 0.0553. The molecule has 0 aromatic heterocycles. The van der Waals surface area contributed by atoms with Gasteiger partial charge in [0.2, 0.25) is 0 Å². The Morgan fingerprint density at radius 2 is 2.00 bits per heavy atom. The van der Waals surface area contributed by atoms with Crippen LogP contribution in [0.4, 0.5) is 0 Å². The van der Waals surface area contributed by atoms with Crippen molar-refractivity contribution in [1.82, 2.24) is 5.32 Å². The maximum atomic E-state index is 12.2. The maximum absolute atomic E-state index is 12.2. The van der Waals surface area contributed by atoms with Crippen molar-refractivity contribution in [1.29, 1.82) is 10.8 Å². The second-order valence-corrected chi connectivity index (χ2v) is 7.55. The first-order chi connectivity index (χ1) is 13.1. The van der Waals surface area contributed by atoms with Crippen LogP contribution in [0.15, 0.2) is 12.3 Å². The number of ether oxygens (including phenoxy) is 3. The summed E-state index contributed by atoms with van der Waals surface area (Å²) >= 11 is 0.